The first kappa shape index (κ1) is 15.3. The molecule has 0 fully saturated rings. The summed E-state index contributed by atoms with van der Waals surface area (Å²) in [5.74, 6) is -0.0540. The van der Waals surface area contributed by atoms with Crippen LogP contribution in [0.1, 0.15) is 26.0 Å². The maximum atomic E-state index is 12.4. The van der Waals surface area contributed by atoms with Crippen LogP contribution in [0.15, 0.2) is 18.2 Å². The first-order chi connectivity index (χ1) is 8.79. The van der Waals surface area contributed by atoms with Crippen LogP contribution in [-0.2, 0) is 11.0 Å². The fraction of sp³-hybridized carbons (Fsp3) is 0.500. The number of rotatable bonds is 5. The molecular weight excluding hydrogens is 259 g/mol. The number of hydrogen-bond acceptors (Lipinski definition) is 3. The molecule has 0 aromatic carbocycles. The molecule has 0 aliphatic rings. The third-order valence-corrected chi connectivity index (χ3v) is 2.15. The summed E-state index contributed by atoms with van der Waals surface area (Å²) in [4.78, 5) is 14.8. The molecule has 0 unspecified atom stereocenters. The summed E-state index contributed by atoms with van der Waals surface area (Å²) >= 11 is 0. The lowest BCUT2D eigenvalue weighted by Gasteiger charge is -2.10. The van der Waals surface area contributed by atoms with Gasteiger partial charge >= 0.3 is 6.18 Å². The Labute approximate surface area is 109 Å². The molecule has 0 saturated heterocycles. The van der Waals surface area contributed by atoms with Gasteiger partial charge in [0, 0.05) is 19.0 Å². The van der Waals surface area contributed by atoms with E-state index in [0.717, 1.165) is 6.07 Å². The minimum absolute atomic E-state index is 0.0409. The molecule has 0 aliphatic carbocycles. The minimum Gasteiger partial charge on any atom is -0.370 e. The van der Waals surface area contributed by atoms with Crippen molar-refractivity contribution in [3.63, 3.8) is 0 Å². The standard InChI is InChI=1S/C12H16F3N3O/c1-8(2)17-11(19)6-7-16-10-5-3-4-9(18-10)12(13,14)15/h3-5,8H,6-7H2,1-2H3,(H,16,18)(H,17,19). The van der Waals surface area contributed by atoms with Crippen LogP contribution in [0.3, 0.4) is 0 Å². The first-order valence-corrected chi connectivity index (χ1v) is 5.86. The van der Waals surface area contributed by atoms with Crippen LogP contribution in [0.2, 0.25) is 0 Å². The Hall–Kier alpha value is -1.79. The molecule has 1 aromatic rings. The highest BCUT2D eigenvalue weighted by Crippen LogP contribution is 2.28. The number of alkyl halides is 3. The van der Waals surface area contributed by atoms with Crippen molar-refractivity contribution in [2.45, 2.75) is 32.5 Å². The number of pyridine rings is 1. The molecule has 1 heterocycles. The second-order valence-corrected chi connectivity index (χ2v) is 4.30. The molecule has 0 radical (unpaired) electrons. The van der Waals surface area contributed by atoms with Crippen molar-refractivity contribution in [3.05, 3.63) is 23.9 Å². The largest absolute Gasteiger partial charge is 0.433 e. The Bertz CT molecular complexity index is 432. The Morgan fingerprint density at radius 1 is 1.37 bits per heavy atom. The molecule has 1 amide bonds. The van der Waals surface area contributed by atoms with Crippen LogP contribution in [0.25, 0.3) is 0 Å². The minimum atomic E-state index is -4.47. The fourth-order valence-corrected chi connectivity index (χ4v) is 1.39. The number of halogens is 3. The van der Waals surface area contributed by atoms with Crippen molar-refractivity contribution in [2.24, 2.45) is 0 Å². The summed E-state index contributed by atoms with van der Waals surface area (Å²) in [5.41, 5.74) is -0.955. The Morgan fingerprint density at radius 3 is 2.63 bits per heavy atom. The fourth-order valence-electron chi connectivity index (χ4n) is 1.39. The number of nitrogens with zero attached hydrogens (tertiary/aromatic N) is 1. The molecule has 4 nitrogen and oxygen atoms in total. The van der Waals surface area contributed by atoms with Gasteiger partial charge in [-0.05, 0) is 26.0 Å². The zero-order valence-corrected chi connectivity index (χ0v) is 10.7. The number of hydrogen-bond donors (Lipinski definition) is 2. The van der Waals surface area contributed by atoms with E-state index in [1.165, 1.54) is 12.1 Å². The average molecular weight is 275 g/mol. The van der Waals surface area contributed by atoms with Gasteiger partial charge in [0.25, 0.3) is 0 Å². The SMILES string of the molecule is CC(C)NC(=O)CCNc1cccc(C(F)(F)F)n1. The van der Waals surface area contributed by atoms with E-state index in [1.54, 1.807) is 0 Å². The van der Waals surface area contributed by atoms with Gasteiger partial charge in [0.05, 0.1) is 0 Å². The van der Waals surface area contributed by atoms with Crippen molar-refractivity contribution in [1.82, 2.24) is 10.3 Å². The topological polar surface area (TPSA) is 54.0 Å². The lowest BCUT2D eigenvalue weighted by Crippen LogP contribution is -2.31. The molecule has 1 rings (SSSR count). The first-order valence-electron chi connectivity index (χ1n) is 5.86. The summed E-state index contributed by atoms with van der Waals surface area (Å²) in [5, 5.41) is 5.37. The van der Waals surface area contributed by atoms with Crippen LogP contribution >= 0.6 is 0 Å². The number of carbonyl (C=O) groups is 1. The van der Waals surface area contributed by atoms with Crippen LogP contribution in [0.5, 0.6) is 0 Å². The zero-order valence-electron chi connectivity index (χ0n) is 10.7. The maximum absolute atomic E-state index is 12.4. The van der Waals surface area contributed by atoms with Crippen LogP contribution < -0.4 is 10.6 Å². The zero-order chi connectivity index (χ0) is 14.5. The van der Waals surface area contributed by atoms with Crippen LogP contribution in [-0.4, -0.2) is 23.5 Å². The van der Waals surface area contributed by atoms with Crippen LogP contribution in [0.4, 0.5) is 19.0 Å². The Morgan fingerprint density at radius 2 is 2.05 bits per heavy atom. The number of nitrogens with one attached hydrogen (secondary N) is 2. The highest BCUT2D eigenvalue weighted by Gasteiger charge is 2.32. The third kappa shape index (κ3) is 5.58. The van der Waals surface area contributed by atoms with E-state index >= 15 is 0 Å². The number of anilines is 1. The second-order valence-electron chi connectivity index (χ2n) is 4.30. The highest BCUT2D eigenvalue weighted by molar-refractivity contribution is 5.76. The molecule has 1 aromatic heterocycles. The molecule has 0 bridgehead atoms. The van der Waals surface area contributed by atoms with E-state index in [2.05, 4.69) is 15.6 Å². The normalized spacial score (nSPS) is 11.5. The maximum Gasteiger partial charge on any atom is 0.433 e. The van der Waals surface area contributed by atoms with Crippen molar-refractivity contribution in [2.75, 3.05) is 11.9 Å². The highest BCUT2D eigenvalue weighted by atomic mass is 19.4. The number of amides is 1. The summed E-state index contributed by atoms with van der Waals surface area (Å²) in [6.45, 7) is 3.90. The third-order valence-electron chi connectivity index (χ3n) is 2.15. The van der Waals surface area contributed by atoms with E-state index in [0.29, 0.717) is 0 Å². The molecule has 0 aliphatic heterocycles. The van der Waals surface area contributed by atoms with E-state index in [1.807, 2.05) is 13.8 Å². The van der Waals surface area contributed by atoms with E-state index in [4.69, 9.17) is 0 Å². The van der Waals surface area contributed by atoms with Crippen molar-refractivity contribution >= 4 is 11.7 Å². The van der Waals surface area contributed by atoms with Crippen LogP contribution in [0, 0.1) is 0 Å². The Kier molecular flexibility index (Phi) is 5.14. The quantitative estimate of drug-likeness (QED) is 0.867. The average Bonchev–Trinajstić information content (AvgIpc) is 2.27. The molecule has 0 spiro atoms. The molecule has 0 atom stereocenters. The number of carbonyl (C=O) groups excluding carboxylic acids is 1. The molecule has 106 valence electrons. The van der Waals surface area contributed by atoms with Gasteiger partial charge in [-0.25, -0.2) is 4.98 Å². The van der Waals surface area contributed by atoms with E-state index in [-0.39, 0.29) is 30.7 Å². The molecule has 19 heavy (non-hydrogen) atoms. The van der Waals surface area contributed by atoms with Crippen molar-refractivity contribution in [1.29, 1.82) is 0 Å². The summed E-state index contributed by atoms with van der Waals surface area (Å²) in [6.07, 6.45) is -4.29. The predicted octanol–water partition coefficient (Wildman–Crippen LogP) is 2.43. The van der Waals surface area contributed by atoms with Gasteiger partial charge in [0.1, 0.15) is 11.5 Å². The van der Waals surface area contributed by atoms with Crippen molar-refractivity contribution in [3.8, 4) is 0 Å². The van der Waals surface area contributed by atoms with Gasteiger partial charge in [-0.1, -0.05) is 6.07 Å². The van der Waals surface area contributed by atoms with Gasteiger partial charge in [0.15, 0.2) is 0 Å². The van der Waals surface area contributed by atoms with E-state index < -0.39 is 11.9 Å². The lowest BCUT2D eigenvalue weighted by molar-refractivity contribution is -0.141. The van der Waals surface area contributed by atoms with Gasteiger partial charge in [0.2, 0.25) is 5.91 Å². The predicted molar refractivity (Wildman–Crippen MR) is 65.6 cm³/mol. The molecule has 7 heteroatoms. The van der Waals surface area contributed by atoms with Crippen molar-refractivity contribution < 1.29 is 18.0 Å². The smallest absolute Gasteiger partial charge is 0.370 e. The molecule has 2 N–H and O–H groups in total. The number of aromatic nitrogens is 1. The summed E-state index contributed by atoms with van der Waals surface area (Å²) < 4.78 is 37.2. The second kappa shape index (κ2) is 6.40. The lowest BCUT2D eigenvalue weighted by atomic mass is 10.3. The van der Waals surface area contributed by atoms with Gasteiger partial charge in [-0.2, -0.15) is 13.2 Å². The summed E-state index contributed by atoms with van der Waals surface area (Å²) in [6, 6.07) is 3.64. The summed E-state index contributed by atoms with van der Waals surface area (Å²) in [7, 11) is 0. The van der Waals surface area contributed by atoms with Gasteiger partial charge < -0.3 is 10.6 Å². The van der Waals surface area contributed by atoms with E-state index in [9.17, 15) is 18.0 Å². The van der Waals surface area contributed by atoms with Gasteiger partial charge in [-0.15, -0.1) is 0 Å². The molecule has 0 saturated carbocycles. The monoisotopic (exact) mass is 275 g/mol. The Balaban J connectivity index is 2.48. The van der Waals surface area contributed by atoms with Gasteiger partial charge in [-0.3, -0.25) is 4.79 Å². The molecular formula is C12H16F3N3O.